The average Bonchev–Trinajstić information content (AvgIpc) is 2.45. The van der Waals surface area contributed by atoms with Gasteiger partial charge in [-0.1, -0.05) is 25.3 Å². The van der Waals surface area contributed by atoms with E-state index in [-0.39, 0.29) is 17.6 Å². The van der Waals surface area contributed by atoms with Gasteiger partial charge in [-0.2, -0.15) is 0 Å². The van der Waals surface area contributed by atoms with Gasteiger partial charge >= 0.3 is 6.09 Å². The zero-order valence-electron chi connectivity index (χ0n) is 13.8. The normalized spacial score (nSPS) is 24.0. The SMILES string of the molecule is CC(C)(C)OC(=O)N1CC2(CCCCC2)C1c1ccccn1. The molecular weight excluding hydrogens is 276 g/mol. The van der Waals surface area contributed by atoms with Crippen LogP contribution in [0.1, 0.15) is 64.6 Å². The van der Waals surface area contributed by atoms with Crippen molar-refractivity contribution in [2.45, 2.75) is 64.5 Å². The maximum Gasteiger partial charge on any atom is 0.410 e. The maximum absolute atomic E-state index is 12.5. The highest BCUT2D eigenvalue weighted by Gasteiger charge is 2.56. The predicted molar refractivity (Wildman–Crippen MR) is 85.4 cm³/mol. The van der Waals surface area contributed by atoms with Crippen molar-refractivity contribution in [1.29, 1.82) is 0 Å². The molecule has 1 spiro atoms. The molecule has 0 N–H and O–H groups in total. The summed E-state index contributed by atoms with van der Waals surface area (Å²) in [6.07, 6.45) is 7.80. The molecule has 22 heavy (non-hydrogen) atoms. The quantitative estimate of drug-likeness (QED) is 0.775. The summed E-state index contributed by atoms with van der Waals surface area (Å²) in [6, 6.07) is 6.04. The molecule has 1 atom stereocenters. The molecule has 1 aliphatic heterocycles. The lowest BCUT2D eigenvalue weighted by atomic mass is 9.62. The fourth-order valence-electron chi connectivity index (χ4n) is 3.92. The molecule has 1 aliphatic carbocycles. The number of carbonyl (C=O) groups excluding carboxylic acids is 1. The van der Waals surface area contributed by atoms with E-state index in [4.69, 9.17) is 4.74 Å². The molecule has 1 aromatic rings. The molecular formula is C18H26N2O2. The Balaban J connectivity index is 1.84. The summed E-state index contributed by atoms with van der Waals surface area (Å²) in [5.41, 5.74) is 0.756. The first-order valence-electron chi connectivity index (χ1n) is 8.32. The second kappa shape index (κ2) is 5.56. The van der Waals surface area contributed by atoms with Crippen LogP contribution in [0.3, 0.4) is 0 Å². The van der Waals surface area contributed by atoms with Crippen molar-refractivity contribution >= 4 is 6.09 Å². The van der Waals surface area contributed by atoms with Crippen molar-refractivity contribution in [3.05, 3.63) is 30.1 Å². The largest absolute Gasteiger partial charge is 0.444 e. The van der Waals surface area contributed by atoms with Crippen molar-refractivity contribution in [3.8, 4) is 0 Å². The van der Waals surface area contributed by atoms with E-state index in [2.05, 4.69) is 4.98 Å². The van der Waals surface area contributed by atoms with Gasteiger partial charge < -0.3 is 4.74 Å². The number of nitrogens with zero attached hydrogens (tertiary/aromatic N) is 2. The van der Waals surface area contributed by atoms with Crippen LogP contribution in [0.25, 0.3) is 0 Å². The summed E-state index contributed by atoms with van der Waals surface area (Å²) in [6.45, 7) is 6.55. The Morgan fingerprint density at radius 1 is 1.27 bits per heavy atom. The van der Waals surface area contributed by atoms with Crippen LogP contribution in [-0.2, 0) is 4.74 Å². The van der Waals surface area contributed by atoms with Crippen LogP contribution in [0.15, 0.2) is 24.4 Å². The zero-order valence-corrected chi connectivity index (χ0v) is 13.8. The predicted octanol–water partition coefficient (Wildman–Crippen LogP) is 4.32. The molecule has 0 aromatic carbocycles. The van der Waals surface area contributed by atoms with Crippen LogP contribution in [-0.4, -0.2) is 28.1 Å². The number of aromatic nitrogens is 1. The van der Waals surface area contributed by atoms with E-state index in [1.807, 2.05) is 50.1 Å². The Bertz CT molecular complexity index is 530. The van der Waals surface area contributed by atoms with Gasteiger partial charge in [0.1, 0.15) is 5.60 Å². The maximum atomic E-state index is 12.5. The van der Waals surface area contributed by atoms with E-state index in [9.17, 15) is 4.79 Å². The van der Waals surface area contributed by atoms with Gasteiger partial charge in [0.15, 0.2) is 0 Å². The Morgan fingerprint density at radius 2 is 2.00 bits per heavy atom. The highest BCUT2D eigenvalue weighted by Crippen LogP contribution is 2.56. The number of pyridine rings is 1. The third-order valence-corrected chi connectivity index (χ3v) is 4.82. The van der Waals surface area contributed by atoms with Gasteiger partial charge in [0.25, 0.3) is 0 Å². The van der Waals surface area contributed by atoms with E-state index in [0.29, 0.717) is 0 Å². The van der Waals surface area contributed by atoms with Gasteiger partial charge in [-0.15, -0.1) is 0 Å². The summed E-state index contributed by atoms with van der Waals surface area (Å²) >= 11 is 0. The van der Waals surface area contributed by atoms with Gasteiger partial charge in [-0.05, 0) is 45.7 Å². The minimum absolute atomic E-state index is 0.0730. The highest BCUT2D eigenvalue weighted by molar-refractivity contribution is 5.70. The molecule has 2 aliphatic rings. The number of likely N-dealkylation sites (tertiary alicyclic amines) is 1. The number of hydrogen-bond donors (Lipinski definition) is 0. The lowest BCUT2D eigenvalue weighted by Gasteiger charge is -2.58. The Labute approximate surface area is 132 Å². The molecule has 1 unspecified atom stereocenters. The number of amides is 1. The minimum Gasteiger partial charge on any atom is -0.444 e. The lowest BCUT2D eigenvalue weighted by Crippen LogP contribution is -2.62. The van der Waals surface area contributed by atoms with E-state index >= 15 is 0 Å². The van der Waals surface area contributed by atoms with Gasteiger partial charge in [0.05, 0.1) is 11.7 Å². The molecule has 1 aromatic heterocycles. The molecule has 120 valence electrons. The number of carbonyl (C=O) groups is 1. The van der Waals surface area contributed by atoms with E-state index in [0.717, 1.165) is 12.2 Å². The zero-order chi connectivity index (χ0) is 15.8. The molecule has 1 saturated carbocycles. The summed E-state index contributed by atoms with van der Waals surface area (Å²) in [5.74, 6) is 0. The first-order chi connectivity index (χ1) is 10.4. The topological polar surface area (TPSA) is 42.4 Å². The average molecular weight is 302 g/mol. The van der Waals surface area contributed by atoms with E-state index in [1.165, 1.54) is 32.1 Å². The Hall–Kier alpha value is -1.58. The number of hydrogen-bond acceptors (Lipinski definition) is 3. The summed E-state index contributed by atoms with van der Waals surface area (Å²) < 4.78 is 5.59. The van der Waals surface area contributed by atoms with Crippen LogP contribution in [0.5, 0.6) is 0 Å². The van der Waals surface area contributed by atoms with Gasteiger partial charge in [-0.3, -0.25) is 9.88 Å². The van der Waals surface area contributed by atoms with E-state index in [1.54, 1.807) is 0 Å². The van der Waals surface area contributed by atoms with Crippen LogP contribution in [0.4, 0.5) is 4.79 Å². The third-order valence-electron chi connectivity index (χ3n) is 4.82. The first kappa shape index (κ1) is 15.3. The number of rotatable bonds is 1. The highest BCUT2D eigenvalue weighted by atomic mass is 16.6. The summed E-state index contributed by atoms with van der Waals surface area (Å²) in [7, 11) is 0. The first-order valence-corrected chi connectivity index (χ1v) is 8.32. The van der Waals surface area contributed by atoms with Crippen LogP contribution in [0.2, 0.25) is 0 Å². The summed E-state index contributed by atoms with van der Waals surface area (Å²) in [5, 5.41) is 0. The Morgan fingerprint density at radius 3 is 2.59 bits per heavy atom. The Kier molecular flexibility index (Phi) is 3.87. The molecule has 0 bridgehead atoms. The summed E-state index contributed by atoms with van der Waals surface area (Å²) in [4.78, 5) is 18.9. The van der Waals surface area contributed by atoms with Crippen LogP contribution < -0.4 is 0 Å². The second-order valence-corrected chi connectivity index (χ2v) is 7.69. The van der Waals surface area contributed by atoms with E-state index < -0.39 is 5.60 Å². The molecule has 0 radical (unpaired) electrons. The van der Waals surface area contributed by atoms with Crippen molar-refractivity contribution < 1.29 is 9.53 Å². The molecule has 1 amide bonds. The van der Waals surface area contributed by atoms with Gasteiger partial charge in [0, 0.05) is 18.2 Å². The van der Waals surface area contributed by atoms with Gasteiger partial charge in [0.2, 0.25) is 0 Å². The molecule has 1 saturated heterocycles. The second-order valence-electron chi connectivity index (χ2n) is 7.69. The lowest BCUT2D eigenvalue weighted by molar-refractivity contribution is -0.102. The minimum atomic E-state index is -0.457. The number of ether oxygens (including phenoxy) is 1. The van der Waals surface area contributed by atoms with Crippen molar-refractivity contribution in [2.24, 2.45) is 5.41 Å². The fraction of sp³-hybridized carbons (Fsp3) is 0.667. The standard InChI is InChI=1S/C18H26N2O2/c1-17(2,3)22-16(21)20-13-18(10-6-4-7-11-18)15(20)14-9-5-8-12-19-14/h5,8-9,12,15H,4,6-7,10-11,13H2,1-3H3. The monoisotopic (exact) mass is 302 g/mol. The third kappa shape index (κ3) is 2.83. The molecule has 2 heterocycles. The molecule has 4 heteroatoms. The molecule has 3 rings (SSSR count). The van der Waals surface area contributed by atoms with Crippen LogP contribution in [0, 0.1) is 5.41 Å². The smallest absolute Gasteiger partial charge is 0.410 e. The van der Waals surface area contributed by atoms with Crippen molar-refractivity contribution in [1.82, 2.24) is 9.88 Å². The van der Waals surface area contributed by atoms with Crippen molar-refractivity contribution in [3.63, 3.8) is 0 Å². The molecule has 2 fully saturated rings. The van der Waals surface area contributed by atoms with Crippen LogP contribution >= 0.6 is 0 Å². The molecule has 4 nitrogen and oxygen atoms in total. The van der Waals surface area contributed by atoms with Crippen molar-refractivity contribution in [2.75, 3.05) is 6.54 Å². The van der Waals surface area contributed by atoms with Gasteiger partial charge in [-0.25, -0.2) is 4.79 Å². The fourth-order valence-corrected chi connectivity index (χ4v) is 3.92.